The van der Waals surface area contributed by atoms with E-state index in [0.29, 0.717) is 6.04 Å². The molecular weight excluding hydrogens is 254 g/mol. The molecule has 2 rings (SSSR count). The van der Waals surface area contributed by atoms with E-state index in [4.69, 9.17) is 0 Å². The van der Waals surface area contributed by atoms with Gasteiger partial charge in [0.25, 0.3) is 0 Å². The van der Waals surface area contributed by atoms with Crippen LogP contribution in [0.1, 0.15) is 12.8 Å². The average Bonchev–Trinajstić information content (AvgIpc) is 2.63. The standard InChI is InChI=1S/C11H16BrN3/c1-15-7-3-4-9(15)8-14-11-10(12)5-2-6-13-11/h2,5-6,9H,3-4,7-8H2,1H3,(H,13,14). The van der Waals surface area contributed by atoms with Crippen LogP contribution in [0.25, 0.3) is 0 Å². The number of rotatable bonds is 3. The minimum Gasteiger partial charge on any atom is -0.368 e. The molecule has 0 radical (unpaired) electrons. The molecule has 1 aliphatic heterocycles. The Kier molecular flexibility index (Phi) is 3.59. The van der Waals surface area contributed by atoms with Gasteiger partial charge in [0.1, 0.15) is 5.82 Å². The Bertz CT molecular complexity index is 329. The molecule has 0 spiro atoms. The van der Waals surface area contributed by atoms with Gasteiger partial charge in [0.05, 0.1) is 4.47 Å². The Hall–Kier alpha value is -0.610. The number of hydrogen-bond donors (Lipinski definition) is 1. The molecule has 1 aromatic heterocycles. The molecule has 0 amide bonds. The summed E-state index contributed by atoms with van der Waals surface area (Å²) in [6.07, 6.45) is 4.41. The molecule has 82 valence electrons. The topological polar surface area (TPSA) is 28.2 Å². The lowest BCUT2D eigenvalue weighted by Crippen LogP contribution is -2.31. The van der Waals surface area contributed by atoms with E-state index in [1.165, 1.54) is 19.4 Å². The number of likely N-dealkylation sites (N-methyl/N-ethyl adjacent to an activating group) is 1. The molecule has 0 bridgehead atoms. The zero-order valence-electron chi connectivity index (χ0n) is 8.91. The first-order valence-corrected chi connectivity index (χ1v) is 6.11. The van der Waals surface area contributed by atoms with Crippen molar-refractivity contribution in [2.45, 2.75) is 18.9 Å². The summed E-state index contributed by atoms with van der Waals surface area (Å²) < 4.78 is 1.03. The van der Waals surface area contributed by atoms with E-state index in [-0.39, 0.29) is 0 Å². The fraction of sp³-hybridized carbons (Fsp3) is 0.545. The number of likely N-dealkylation sites (tertiary alicyclic amines) is 1. The maximum Gasteiger partial charge on any atom is 0.140 e. The minimum absolute atomic E-state index is 0.652. The van der Waals surface area contributed by atoms with Gasteiger partial charge in [-0.2, -0.15) is 0 Å². The Morgan fingerprint density at radius 2 is 2.53 bits per heavy atom. The van der Waals surface area contributed by atoms with Gasteiger partial charge in [-0.25, -0.2) is 4.98 Å². The summed E-state index contributed by atoms with van der Waals surface area (Å²) >= 11 is 3.48. The van der Waals surface area contributed by atoms with Crippen molar-refractivity contribution in [1.82, 2.24) is 9.88 Å². The number of nitrogens with zero attached hydrogens (tertiary/aromatic N) is 2. The van der Waals surface area contributed by atoms with Gasteiger partial charge in [-0.15, -0.1) is 0 Å². The van der Waals surface area contributed by atoms with Gasteiger partial charge >= 0.3 is 0 Å². The first kappa shape index (κ1) is 10.9. The SMILES string of the molecule is CN1CCCC1CNc1ncccc1Br. The highest BCUT2D eigenvalue weighted by molar-refractivity contribution is 9.10. The van der Waals surface area contributed by atoms with E-state index in [9.17, 15) is 0 Å². The monoisotopic (exact) mass is 269 g/mol. The summed E-state index contributed by atoms with van der Waals surface area (Å²) in [6, 6.07) is 4.59. The smallest absolute Gasteiger partial charge is 0.140 e. The van der Waals surface area contributed by atoms with Crippen molar-refractivity contribution < 1.29 is 0 Å². The molecule has 1 N–H and O–H groups in total. The quantitative estimate of drug-likeness (QED) is 0.913. The highest BCUT2D eigenvalue weighted by atomic mass is 79.9. The van der Waals surface area contributed by atoms with E-state index in [0.717, 1.165) is 16.8 Å². The van der Waals surface area contributed by atoms with Gasteiger partial charge in [0, 0.05) is 18.8 Å². The van der Waals surface area contributed by atoms with Crippen molar-refractivity contribution in [3.63, 3.8) is 0 Å². The zero-order chi connectivity index (χ0) is 10.7. The summed E-state index contributed by atoms with van der Waals surface area (Å²) in [5.41, 5.74) is 0. The second-order valence-electron chi connectivity index (χ2n) is 3.99. The van der Waals surface area contributed by atoms with Crippen LogP contribution in [0, 0.1) is 0 Å². The zero-order valence-corrected chi connectivity index (χ0v) is 10.5. The number of halogens is 1. The van der Waals surface area contributed by atoms with Crippen LogP contribution in [0.15, 0.2) is 22.8 Å². The molecule has 1 saturated heterocycles. The van der Waals surface area contributed by atoms with Crippen LogP contribution < -0.4 is 5.32 Å². The molecular formula is C11H16BrN3. The van der Waals surface area contributed by atoms with Crippen LogP contribution in [0.2, 0.25) is 0 Å². The molecule has 0 saturated carbocycles. The van der Waals surface area contributed by atoms with E-state index in [1.54, 1.807) is 0 Å². The molecule has 0 aliphatic carbocycles. The van der Waals surface area contributed by atoms with Crippen LogP contribution >= 0.6 is 15.9 Å². The largest absolute Gasteiger partial charge is 0.368 e. The molecule has 1 unspecified atom stereocenters. The first-order chi connectivity index (χ1) is 7.27. The maximum atomic E-state index is 4.29. The van der Waals surface area contributed by atoms with Crippen molar-refractivity contribution in [2.24, 2.45) is 0 Å². The van der Waals surface area contributed by atoms with Gasteiger partial charge in [-0.1, -0.05) is 0 Å². The fourth-order valence-electron chi connectivity index (χ4n) is 1.97. The van der Waals surface area contributed by atoms with E-state index in [2.05, 4.69) is 38.2 Å². The maximum absolute atomic E-state index is 4.29. The summed E-state index contributed by atoms with van der Waals surface area (Å²) in [5, 5.41) is 3.39. The highest BCUT2D eigenvalue weighted by Crippen LogP contribution is 2.20. The predicted octanol–water partition coefficient (Wildman–Crippen LogP) is 2.35. The van der Waals surface area contributed by atoms with Crippen LogP contribution in [-0.2, 0) is 0 Å². The molecule has 1 aliphatic rings. The summed E-state index contributed by atoms with van der Waals surface area (Å²) in [7, 11) is 2.19. The Balaban J connectivity index is 1.90. The highest BCUT2D eigenvalue weighted by Gasteiger charge is 2.20. The van der Waals surface area contributed by atoms with Crippen molar-refractivity contribution in [3.8, 4) is 0 Å². The first-order valence-electron chi connectivity index (χ1n) is 5.32. The molecule has 2 heterocycles. The predicted molar refractivity (Wildman–Crippen MR) is 66.1 cm³/mol. The lowest BCUT2D eigenvalue weighted by Gasteiger charge is -2.20. The van der Waals surface area contributed by atoms with Crippen LogP contribution in [0.3, 0.4) is 0 Å². The third-order valence-electron chi connectivity index (χ3n) is 2.94. The minimum atomic E-state index is 0.652. The molecule has 1 fully saturated rings. The second kappa shape index (κ2) is 4.94. The summed E-state index contributed by atoms with van der Waals surface area (Å²) in [6.45, 7) is 2.20. The molecule has 0 aromatic carbocycles. The van der Waals surface area contributed by atoms with E-state index < -0.39 is 0 Å². The lowest BCUT2D eigenvalue weighted by molar-refractivity contribution is 0.322. The van der Waals surface area contributed by atoms with Gasteiger partial charge in [0.15, 0.2) is 0 Å². The van der Waals surface area contributed by atoms with E-state index >= 15 is 0 Å². The Labute approximate surface area is 99.0 Å². The molecule has 15 heavy (non-hydrogen) atoms. The molecule has 4 heteroatoms. The lowest BCUT2D eigenvalue weighted by atomic mass is 10.2. The summed E-state index contributed by atoms with van der Waals surface area (Å²) in [4.78, 5) is 6.69. The van der Waals surface area contributed by atoms with Crippen molar-refractivity contribution in [3.05, 3.63) is 22.8 Å². The van der Waals surface area contributed by atoms with Crippen LogP contribution in [0.5, 0.6) is 0 Å². The number of hydrogen-bond acceptors (Lipinski definition) is 3. The van der Waals surface area contributed by atoms with E-state index in [1.807, 2.05) is 18.3 Å². The van der Waals surface area contributed by atoms with Gasteiger partial charge < -0.3 is 10.2 Å². The third-order valence-corrected chi connectivity index (χ3v) is 3.58. The number of nitrogens with one attached hydrogen (secondary N) is 1. The number of aromatic nitrogens is 1. The summed E-state index contributed by atoms with van der Waals surface area (Å²) in [5.74, 6) is 0.942. The van der Waals surface area contributed by atoms with Crippen molar-refractivity contribution in [1.29, 1.82) is 0 Å². The Morgan fingerprint density at radius 3 is 3.20 bits per heavy atom. The van der Waals surface area contributed by atoms with Gasteiger partial charge in [0.2, 0.25) is 0 Å². The second-order valence-corrected chi connectivity index (χ2v) is 4.85. The van der Waals surface area contributed by atoms with Crippen LogP contribution in [-0.4, -0.2) is 36.1 Å². The number of anilines is 1. The van der Waals surface area contributed by atoms with Crippen LogP contribution in [0.4, 0.5) is 5.82 Å². The normalized spacial score (nSPS) is 21.9. The molecule has 1 atom stereocenters. The average molecular weight is 270 g/mol. The Morgan fingerprint density at radius 1 is 1.67 bits per heavy atom. The molecule has 1 aromatic rings. The van der Waals surface area contributed by atoms with Gasteiger partial charge in [-0.05, 0) is 54.5 Å². The third kappa shape index (κ3) is 2.69. The van der Waals surface area contributed by atoms with Crippen molar-refractivity contribution in [2.75, 3.05) is 25.5 Å². The van der Waals surface area contributed by atoms with Gasteiger partial charge in [-0.3, -0.25) is 0 Å². The molecule has 3 nitrogen and oxygen atoms in total. The van der Waals surface area contributed by atoms with Crippen molar-refractivity contribution >= 4 is 21.7 Å². The number of pyridine rings is 1. The fourth-order valence-corrected chi connectivity index (χ4v) is 2.36.